The van der Waals surface area contributed by atoms with Crippen molar-refractivity contribution in [1.82, 2.24) is 4.90 Å². The monoisotopic (exact) mass is 198 g/mol. The molecule has 2 N–H and O–H groups in total. The van der Waals surface area contributed by atoms with Gasteiger partial charge in [0.1, 0.15) is 6.04 Å². The number of esters is 1. The second kappa shape index (κ2) is 3.87. The fourth-order valence-electron chi connectivity index (χ4n) is 2.73. The van der Waals surface area contributed by atoms with Gasteiger partial charge in [-0.25, -0.2) is 0 Å². The van der Waals surface area contributed by atoms with E-state index in [2.05, 4.69) is 4.90 Å². The molecule has 2 atom stereocenters. The van der Waals surface area contributed by atoms with Crippen molar-refractivity contribution in [2.75, 3.05) is 26.7 Å². The Morgan fingerprint density at radius 3 is 2.57 bits per heavy atom. The second-order valence-electron chi connectivity index (χ2n) is 4.35. The summed E-state index contributed by atoms with van der Waals surface area (Å²) in [6.07, 6.45) is 2.38. The number of hydrogen-bond donors (Lipinski definition) is 1. The number of carbonyl (C=O) groups is 1. The first kappa shape index (κ1) is 9.93. The lowest BCUT2D eigenvalue weighted by molar-refractivity contribution is -0.145. The summed E-state index contributed by atoms with van der Waals surface area (Å²) in [5, 5.41) is 0. The van der Waals surface area contributed by atoms with Gasteiger partial charge in [-0.3, -0.25) is 4.79 Å². The Balaban J connectivity index is 2.01. The molecule has 0 radical (unpaired) electrons. The zero-order valence-electron chi connectivity index (χ0n) is 8.61. The van der Waals surface area contributed by atoms with Crippen molar-refractivity contribution in [3.8, 4) is 0 Å². The Hall–Kier alpha value is -0.610. The zero-order valence-corrected chi connectivity index (χ0v) is 8.61. The van der Waals surface area contributed by atoms with Gasteiger partial charge in [0, 0.05) is 12.5 Å². The SMILES string of the molecule is COC(=O)C(N)[C@H]1CN2CCC1CC2. The van der Waals surface area contributed by atoms with E-state index in [0.717, 1.165) is 6.54 Å². The molecule has 4 nitrogen and oxygen atoms in total. The second-order valence-corrected chi connectivity index (χ2v) is 4.35. The molecule has 0 amide bonds. The number of fused-ring (bicyclic) bond motifs is 3. The highest BCUT2D eigenvalue weighted by atomic mass is 16.5. The minimum atomic E-state index is -0.423. The Morgan fingerprint density at radius 1 is 1.50 bits per heavy atom. The quantitative estimate of drug-likeness (QED) is 0.626. The highest BCUT2D eigenvalue weighted by Crippen LogP contribution is 2.33. The van der Waals surface area contributed by atoms with Crippen LogP contribution in [0.4, 0.5) is 0 Å². The molecular weight excluding hydrogens is 180 g/mol. The van der Waals surface area contributed by atoms with Crippen LogP contribution < -0.4 is 5.73 Å². The van der Waals surface area contributed by atoms with Crippen LogP contribution in [-0.4, -0.2) is 43.7 Å². The van der Waals surface area contributed by atoms with Crippen LogP contribution in [0.3, 0.4) is 0 Å². The highest BCUT2D eigenvalue weighted by Gasteiger charge is 2.39. The van der Waals surface area contributed by atoms with Crippen LogP contribution in [0.2, 0.25) is 0 Å². The van der Waals surface area contributed by atoms with Crippen LogP contribution in [-0.2, 0) is 9.53 Å². The molecule has 0 aromatic heterocycles. The van der Waals surface area contributed by atoms with Crippen molar-refractivity contribution < 1.29 is 9.53 Å². The summed E-state index contributed by atoms with van der Waals surface area (Å²) >= 11 is 0. The number of nitrogens with zero attached hydrogens (tertiary/aromatic N) is 1. The van der Waals surface area contributed by atoms with Gasteiger partial charge in [-0.15, -0.1) is 0 Å². The summed E-state index contributed by atoms with van der Waals surface area (Å²) in [7, 11) is 1.41. The topological polar surface area (TPSA) is 55.6 Å². The maximum Gasteiger partial charge on any atom is 0.322 e. The number of piperidine rings is 3. The van der Waals surface area contributed by atoms with Gasteiger partial charge in [0.25, 0.3) is 0 Å². The smallest absolute Gasteiger partial charge is 0.322 e. The summed E-state index contributed by atoms with van der Waals surface area (Å²) in [6.45, 7) is 3.32. The molecule has 3 aliphatic rings. The third-order valence-electron chi connectivity index (χ3n) is 3.64. The Kier molecular flexibility index (Phi) is 2.74. The number of rotatable bonds is 2. The van der Waals surface area contributed by atoms with Crippen molar-refractivity contribution in [3.63, 3.8) is 0 Å². The molecule has 14 heavy (non-hydrogen) atoms. The van der Waals surface area contributed by atoms with E-state index < -0.39 is 6.04 Å². The first-order chi connectivity index (χ1) is 6.72. The van der Waals surface area contributed by atoms with Gasteiger partial charge in [-0.2, -0.15) is 0 Å². The predicted molar refractivity (Wildman–Crippen MR) is 52.6 cm³/mol. The van der Waals surface area contributed by atoms with E-state index >= 15 is 0 Å². The molecule has 0 saturated carbocycles. The minimum absolute atomic E-state index is 0.260. The van der Waals surface area contributed by atoms with Gasteiger partial charge in [0.2, 0.25) is 0 Å². The number of nitrogens with two attached hydrogens (primary N) is 1. The normalized spacial score (nSPS) is 38.0. The van der Waals surface area contributed by atoms with E-state index in [0.29, 0.717) is 11.8 Å². The summed E-state index contributed by atoms with van der Waals surface area (Å²) in [5.74, 6) is 0.683. The number of hydrogen-bond acceptors (Lipinski definition) is 4. The van der Waals surface area contributed by atoms with Crippen LogP contribution >= 0.6 is 0 Å². The fourth-order valence-corrected chi connectivity index (χ4v) is 2.73. The lowest BCUT2D eigenvalue weighted by atomic mass is 9.75. The van der Waals surface area contributed by atoms with Crippen LogP contribution in [0.1, 0.15) is 12.8 Å². The molecule has 0 aliphatic carbocycles. The number of carbonyl (C=O) groups excluding carboxylic acids is 1. The zero-order chi connectivity index (χ0) is 10.1. The third-order valence-corrected chi connectivity index (χ3v) is 3.64. The molecule has 3 heterocycles. The van der Waals surface area contributed by atoms with E-state index in [1.807, 2.05) is 0 Å². The Labute approximate surface area is 84.4 Å². The molecule has 0 aromatic rings. The highest BCUT2D eigenvalue weighted by molar-refractivity contribution is 5.75. The Bertz CT molecular complexity index is 224. The molecule has 3 fully saturated rings. The first-order valence-corrected chi connectivity index (χ1v) is 5.28. The van der Waals surface area contributed by atoms with Gasteiger partial charge >= 0.3 is 5.97 Å². The van der Waals surface area contributed by atoms with Gasteiger partial charge in [0.15, 0.2) is 0 Å². The lowest BCUT2D eigenvalue weighted by Crippen LogP contribution is -2.55. The molecule has 2 bridgehead atoms. The molecule has 0 spiro atoms. The maximum atomic E-state index is 11.3. The van der Waals surface area contributed by atoms with Crippen molar-refractivity contribution in [3.05, 3.63) is 0 Å². The predicted octanol–water partition coefficient (Wildman–Crippen LogP) is -0.171. The maximum absolute atomic E-state index is 11.3. The molecular formula is C10H18N2O2. The van der Waals surface area contributed by atoms with E-state index in [1.165, 1.54) is 33.0 Å². The third kappa shape index (κ3) is 1.64. The van der Waals surface area contributed by atoms with Crippen molar-refractivity contribution in [1.29, 1.82) is 0 Å². The van der Waals surface area contributed by atoms with Crippen LogP contribution in [0, 0.1) is 11.8 Å². The van der Waals surface area contributed by atoms with Gasteiger partial charge in [-0.1, -0.05) is 0 Å². The molecule has 4 heteroatoms. The molecule has 1 unspecified atom stereocenters. The lowest BCUT2D eigenvalue weighted by Gasteiger charge is -2.46. The van der Waals surface area contributed by atoms with Crippen LogP contribution in [0.25, 0.3) is 0 Å². The minimum Gasteiger partial charge on any atom is -0.468 e. The number of methoxy groups -OCH3 is 1. The van der Waals surface area contributed by atoms with E-state index in [1.54, 1.807) is 0 Å². The molecule has 3 aliphatic heterocycles. The van der Waals surface area contributed by atoms with Gasteiger partial charge in [-0.05, 0) is 31.8 Å². The fraction of sp³-hybridized carbons (Fsp3) is 0.900. The van der Waals surface area contributed by atoms with Gasteiger partial charge in [0.05, 0.1) is 7.11 Å². The molecule has 0 aromatic carbocycles. The molecule has 3 saturated heterocycles. The summed E-state index contributed by atoms with van der Waals surface area (Å²) in [6, 6.07) is -0.423. The largest absolute Gasteiger partial charge is 0.468 e. The van der Waals surface area contributed by atoms with Crippen molar-refractivity contribution in [2.24, 2.45) is 17.6 Å². The van der Waals surface area contributed by atoms with E-state index in [4.69, 9.17) is 10.5 Å². The standard InChI is InChI=1S/C10H18N2O2/c1-14-10(13)9(11)8-6-12-4-2-7(8)3-5-12/h7-9H,2-6,11H2,1H3/t8-,9?/m0/s1. The van der Waals surface area contributed by atoms with Crippen LogP contribution in [0.5, 0.6) is 0 Å². The summed E-state index contributed by atoms with van der Waals surface area (Å²) in [5.41, 5.74) is 5.89. The van der Waals surface area contributed by atoms with E-state index in [-0.39, 0.29) is 5.97 Å². The van der Waals surface area contributed by atoms with E-state index in [9.17, 15) is 4.79 Å². The van der Waals surface area contributed by atoms with Gasteiger partial charge < -0.3 is 15.4 Å². The van der Waals surface area contributed by atoms with Crippen molar-refractivity contribution in [2.45, 2.75) is 18.9 Å². The average molecular weight is 198 g/mol. The molecule has 3 rings (SSSR count). The summed E-state index contributed by atoms with van der Waals surface area (Å²) < 4.78 is 4.69. The van der Waals surface area contributed by atoms with Crippen molar-refractivity contribution >= 4 is 5.97 Å². The summed E-state index contributed by atoms with van der Waals surface area (Å²) in [4.78, 5) is 13.7. The van der Waals surface area contributed by atoms with Crippen LogP contribution in [0.15, 0.2) is 0 Å². The molecule has 80 valence electrons. The Morgan fingerprint density at radius 2 is 2.14 bits per heavy atom. The number of ether oxygens (including phenoxy) is 1. The average Bonchev–Trinajstić information content (AvgIpc) is 2.28. The first-order valence-electron chi connectivity index (χ1n) is 5.28.